The van der Waals surface area contributed by atoms with Gasteiger partial charge in [0.25, 0.3) is 5.91 Å². The van der Waals surface area contributed by atoms with E-state index in [1.54, 1.807) is 16.8 Å². The van der Waals surface area contributed by atoms with E-state index in [0.717, 1.165) is 41.8 Å². The van der Waals surface area contributed by atoms with Gasteiger partial charge in [0.15, 0.2) is 5.69 Å². The second-order valence-electron chi connectivity index (χ2n) is 6.68. The van der Waals surface area contributed by atoms with Crippen molar-refractivity contribution >= 4 is 5.91 Å². The highest BCUT2D eigenvalue weighted by Crippen LogP contribution is 2.28. The van der Waals surface area contributed by atoms with Crippen molar-refractivity contribution < 1.29 is 9.18 Å². The molecule has 0 saturated carbocycles. The van der Waals surface area contributed by atoms with Crippen molar-refractivity contribution in [2.24, 2.45) is 0 Å². The molecule has 1 N–H and O–H groups in total. The predicted octanol–water partition coefficient (Wildman–Crippen LogP) is 3.74. The quantitative estimate of drug-likeness (QED) is 0.780. The molecule has 4 nitrogen and oxygen atoms in total. The van der Waals surface area contributed by atoms with E-state index < -0.39 is 0 Å². The van der Waals surface area contributed by atoms with E-state index in [2.05, 4.69) is 10.4 Å². The summed E-state index contributed by atoms with van der Waals surface area (Å²) in [6.45, 7) is 2.51. The Morgan fingerprint density at radius 2 is 1.85 bits per heavy atom. The van der Waals surface area contributed by atoms with Gasteiger partial charge in [-0.2, -0.15) is 5.10 Å². The first kappa shape index (κ1) is 16.5. The van der Waals surface area contributed by atoms with Gasteiger partial charge in [-0.1, -0.05) is 29.8 Å². The smallest absolute Gasteiger partial charge is 0.272 e. The molecule has 4 rings (SSSR count). The van der Waals surface area contributed by atoms with E-state index in [4.69, 9.17) is 0 Å². The Morgan fingerprint density at radius 1 is 1.12 bits per heavy atom. The molecule has 3 aromatic rings. The van der Waals surface area contributed by atoms with E-state index >= 15 is 0 Å². The molecule has 0 bridgehead atoms. The number of nitrogens with zero attached hydrogens (tertiary/aromatic N) is 2. The summed E-state index contributed by atoms with van der Waals surface area (Å²) in [5.41, 5.74) is 5.57. The summed E-state index contributed by atoms with van der Waals surface area (Å²) in [5, 5.41) is 7.50. The fourth-order valence-corrected chi connectivity index (χ4v) is 3.39. The van der Waals surface area contributed by atoms with E-state index in [9.17, 15) is 9.18 Å². The first-order valence-corrected chi connectivity index (χ1v) is 8.82. The molecule has 0 atom stereocenters. The topological polar surface area (TPSA) is 46.9 Å². The van der Waals surface area contributed by atoms with Gasteiger partial charge < -0.3 is 5.32 Å². The molecule has 1 heterocycles. The van der Waals surface area contributed by atoms with E-state index in [1.807, 2.05) is 31.2 Å². The highest BCUT2D eigenvalue weighted by molar-refractivity contribution is 5.94. The summed E-state index contributed by atoms with van der Waals surface area (Å²) in [4.78, 5) is 12.7. The van der Waals surface area contributed by atoms with Crippen molar-refractivity contribution in [3.05, 3.63) is 82.4 Å². The summed E-state index contributed by atoms with van der Waals surface area (Å²) >= 11 is 0. The zero-order valence-corrected chi connectivity index (χ0v) is 14.6. The lowest BCUT2D eigenvalue weighted by atomic mass is 10.1. The standard InChI is InChI=1S/C21H20FN3O/c1-14-5-7-15(8-6-14)13-23-21(26)20-18-3-2-4-19(18)25(24-20)17-11-9-16(22)10-12-17/h5-12H,2-4,13H2,1H3,(H,23,26). The third kappa shape index (κ3) is 3.12. The Labute approximate surface area is 151 Å². The predicted molar refractivity (Wildman–Crippen MR) is 97.9 cm³/mol. The van der Waals surface area contributed by atoms with Crippen LogP contribution in [-0.4, -0.2) is 15.7 Å². The van der Waals surface area contributed by atoms with E-state index in [0.29, 0.717) is 12.2 Å². The summed E-state index contributed by atoms with van der Waals surface area (Å²) in [6, 6.07) is 14.3. The highest BCUT2D eigenvalue weighted by Gasteiger charge is 2.26. The summed E-state index contributed by atoms with van der Waals surface area (Å²) < 4.78 is 15.0. The molecular formula is C21H20FN3O. The minimum absolute atomic E-state index is 0.162. The molecule has 2 aromatic carbocycles. The molecule has 0 radical (unpaired) electrons. The first-order chi connectivity index (χ1) is 12.6. The van der Waals surface area contributed by atoms with Crippen molar-refractivity contribution in [3.63, 3.8) is 0 Å². The maximum Gasteiger partial charge on any atom is 0.272 e. The number of carbonyl (C=O) groups is 1. The Kier molecular flexibility index (Phi) is 4.29. The summed E-state index contributed by atoms with van der Waals surface area (Å²) in [5.74, 6) is -0.446. The minimum atomic E-state index is -0.284. The molecule has 132 valence electrons. The SMILES string of the molecule is Cc1ccc(CNC(=O)c2nn(-c3ccc(F)cc3)c3c2CCC3)cc1. The number of aromatic nitrogens is 2. The Bertz CT molecular complexity index is 943. The zero-order valence-electron chi connectivity index (χ0n) is 14.6. The van der Waals surface area contributed by atoms with Gasteiger partial charge in [-0.05, 0) is 56.0 Å². The number of benzene rings is 2. The van der Waals surface area contributed by atoms with Gasteiger partial charge >= 0.3 is 0 Å². The van der Waals surface area contributed by atoms with Crippen LogP contribution in [0.4, 0.5) is 4.39 Å². The highest BCUT2D eigenvalue weighted by atomic mass is 19.1. The molecule has 1 amide bonds. The average Bonchev–Trinajstić information content (AvgIpc) is 3.24. The molecule has 0 fully saturated rings. The van der Waals surface area contributed by atoms with Crippen LogP contribution in [0.25, 0.3) is 5.69 Å². The van der Waals surface area contributed by atoms with Gasteiger partial charge in [-0.15, -0.1) is 0 Å². The molecule has 1 aromatic heterocycles. The van der Waals surface area contributed by atoms with Gasteiger partial charge in [-0.3, -0.25) is 4.79 Å². The molecule has 1 aliphatic carbocycles. The van der Waals surface area contributed by atoms with Crippen LogP contribution in [0.3, 0.4) is 0 Å². The van der Waals surface area contributed by atoms with Crippen LogP contribution in [0.15, 0.2) is 48.5 Å². The lowest BCUT2D eigenvalue weighted by molar-refractivity contribution is 0.0944. The summed E-state index contributed by atoms with van der Waals surface area (Å²) in [7, 11) is 0. The van der Waals surface area contributed by atoms with Gasteiger partial charge in [0.1, 0.15) is 5.82 Å². The molecule has 26 heavy (non-hydrogen) atoms. The summed E-state index contributed by atoms with van der Waals surface area (Å²) in [6.07, 6.45) is 2.74. The molecule has 0 unspecified atom stereocenters. The van der Waals surface area contributed by atoms with Crippen molar-refractivity contribution in [2.75, 3.05) is 0 Å². The van der Waals surface area contributed by atoms with Gasteiger partial charge in [0.05, 0.1) is 5.69 Å². The van der Waals surface area contributed by atoms with Crippen LogP contribution in [0.1, 0.15) is 39.3 Å². The number of aryl methyl sites for hydroxylation is 1. The number of halogens is 1. The van der Waals surface area contributed by atoms with Gasteiger partial charge in [-0.25, -0.2) is 9.07 Å². The molecule has 0 spiro atoms. The molecular weight excluding hydrogens is 329 g/mol. The van der Waals surface area contributed by atoms with Crippen LogP contribution in [0, 0.1) is 12.7 Å². The third-order valence-electron chi connectivity index (χ3n) is 4.79. The number of rotatable bonds is 4. The zero-order chi connectivity index (χ0) is 18.1. The minimum Gasteiger partial charge on any atom is -0.347 e. The van der Waals surface area contributed by atoms with Crippen LogP contribution < -0.4 is 5.32 Å². The molecule has 0 saturated heterocycles. The second-order valence-corrected chi connectivity index (χ2v) is 6.68. The third-order valence-corrected chi connectivity index (χ3v) is 4.79. The normalized spacial score (nSPS) is 12.8. The van der Waals surface area contributed by atoms with Crippen LogP contribution in [-0.2, 0) is 19.4 Å². The van der Waals surface area contributed by atoms with Crippen LogP contribution >= 0.6 is 0 Å². The van der Waals surface area contributed by atoms with Crippen LogP contribution in [0.5, 0.6) is 0 Å². The van der Waals surface area contributed by atoms with E-state index in [1.165, 1.54) is 17.7 Å². The van der Waals surface area contributed by atoms with Crippen LogP contribution in [0.2, 0.25) is 0 Å². The monoisotopic (exact) mass is 349 g/mol. The molecule has 5 heteroatoms. The lowest BCUT2D eigenvalue weighted by Crippen LogP contribution is -2.24. The van der Waals surface area contributed by atoms with Crippen molar-refractivity contribution in [2.45, 2.75) is 32.7 Å². The van der Waals surface area contributed by atoms with Gasteiger partial charge in [0, 0.05) is 17.8 Å². The van der Waals surface area contributed by atoms with Crippen molar-refractivity contribution in [1.29, 1.82) is 0 Å². The van der Waals surface area contributed by atoms with E-state index in [-0.39, 0.29) is 11.7 Å². The maximum absolute atomic E-state index is 13.2. The fourth-order valence-electron chi connectivity index (χ4n) is 3.39. The number of hydrogen-bond acceptors (Lipinski definition) is 2. The first-order valence-electron chi connectivity index (χ1n) is 8.82. The number of nitrogens with one attached hydrogen (secondary N) is 1. The molecule has 1 aliphatic rings. The van der Waals surface area contributed by atoms with Crippen molar-refractivity contribution in [3.8, 4) is 5.69 Å². The lowest BCUT2D eigenvalue weighted by Gasteiger charge is -2.06. The van der Waals surface area contributed by atoms with Crippen molar-refractivity contribution in [1.82, 2.24) is 15.1 Å². The Morgan fingerprint density at radius 3 is 2.58 bits per heavy atom. The number of hydrogen-bond donors (Lipinski definition) is 1. The second kappa shape index (κ2) is 6.75. The average molecular weight is 349 g/mol. The molecule has 0 aliphatic heterocycles. The maximum atomic E-state index is 13.2. The number of fused-ring (bicyclic) bond motifs is 1. The number of amides is 1. The number of carbonyl (C=O) groups excluding carboxylic acids is 1. The largest absolute Gasteiger partial charge is 0.347 e. The Hall–Kier alpha value is -2.95. The Balaban J connectivity index is 1.58. The fraction of sp³-hybridized carbons (Fsp3) is 0.238. The van der Waals surface area contributed by atoms with Gasteiger partial charge in [0.2, 0.25) is 0 Å².